The van der Waals surface area contributed by atoms with Gasteiger partial charge in [-0.25, -0.2) is 14.4 Å². The highest BCUT2D eigenvalue weighted by Gasteiger charge is 2.55. The van der Waals surface area contributed by atoms with E-state index in [-0.39, 0.29) is 43.2 Å². The Labute approximate surface area is 300 Å². The number of benzene rings is 2. The van der Waals surface area contributed by atoms with Crippen LogP contribution in [-0.2, 0) is 37.0 Å². The van der Waals surface area contributed by atoms with E-state index < -0.39 is 28.2 Å². The normalized spacial score (nSPS) is 24.6. The fourth-order valence-corrected chi connectivity index (χ4v) is 6.96. The van der Waals surface area contributed by atoms with Crippen LogP contribution >= 0.6 is 0 Å². The lowest BCUT2D eigenvalue weighted by atomic mass is 9.81. The molecule has 2 aromatic carbocycles. The molecule has 0 spiro atoms. The number of ether oxygens (including phenoxy) is 4. The molecular weight excluding hydrogens is 650 g/mol. The van der Waals surface area contributed by atoms with Gasteiger partial charge in [-0.05, 0) is 65.5 Å². The molecule has 11 nitrogen and oxygen atoms in total. The number of amides is 3. The highest BCUT2D eigenvalue weighted by atomic mass is 16.6. The third kappa shape index (κ3) is 9.51. The number of hydrogen-bond acceptors (Lipinski definition) is 8. The summed E-state index contributed by atoms with van der Waals surface area (Å²) in [6.45, 7) is 13.3. The quantitative estimate of drug-likeness (QED) is 0.194. The van der Waals surface area contributed by atoms with Gasteiger partial charge in [0.2, 0.25) is 0 Å². The fourth-order valence-electron chi connectivity index (χ4n) is 6.96. The Morgan fingerprint density at radius 1 is 0.686 bits per heavy atom. The Bertz CT molecular complexity index is 1610. The van der Waals surface area contributed by atoms with E-state index in [1.807, 2.05) is 120 Å². The maximum absolute atomic E-state index is 12.8. The first-order valence-corrected chi connectivity index (χ1v) is 17.6. The molecule has 2 aromatic rings. The van der Waals surface area contributed by atoms with E-state index in [2.05, 4.69) is 11.4 Å². The summed E-state index contributed by atoms with van der Waals surface area (Å²) in [4.78, 5) is 53.2. The Morgan fingerprint density at radius 3 is 1.73 bits per heavy atom. The number of esters is 1. The van der Waals surface area contributed by atoms with E-state index >= 15 is 0 Å². The van der Waals surface area contributed by atoms with Crippen molar-refractivity contribution in [3.63, 3.8) is 0 Å². The molecule has 0 bridgehead atoms. The number of alkyl carbamates (subject to hydrolysis) is 1. The molecule has 4 atom stereocenters. The second-order valence-electron chi connectivity index (χ2n) is 15.7. The third-order valence-electron chi connectivity index (χ3n) is 9.35. The molecule has 274 valence electrons. The van der Waals surface area contributed by atoms with E-state index in [0.717, 1.165) is 24.0 Å². The first-order valence-electron chi connectivity index (χ1n) is 17.6. The molecule has 2 saturated heterocycles. The minimum atomic E-state index is -0.737. The van der Waals surface area contributed by atoms with Crippen LogP contribution in [-0.4, -0.2) is 77.0 Å². The van der Waals surface area contributed by atoms with Crippen molar-refractivity contribution in [1.82, 2.24) is 15.1 Å². The Balaban J connectivity index is 0.000000198. The molecular formula is C40H51N3O8. The van der Waals surface area contributed by atoms with Gasteiger partial charge >= 0.3 is 24.2 Å². The molecule has 51 heavy (non-hydrogen) atoms. The summed E-state index contributed by atoms with van der Waals surface area (Å²) in [5, 5.41) is 2.97. The highest BCUT2D eigenvalue weighted by molar-refractivity contribution is 5.83. The van der Waals surface area contributed by atoms with Crippen molar-refractivity contribution in [2.24, 2.45) is 17.3 Å². The zero-order valence-corrected chi connectivity index (χ0v) is 30.6. The smallest absolute Gasteiger partial charge is 0.410 e. The van der Waals surface area contributed by atoms with Crippen LogP contribution in [0.5, 0.6) is 0 Å². The second-order valence-corrected chi connectivity index (χ2v) is 15.7. The van der Waals surface area contributed by atoms with E-state index in [4.69, 9.17) is 18.9 Å². The van der Waals surface area contributed by atoms with E-state index in [1.54, 1.807) is 9.80 Å². The summed E-state index contributed by atoms with van der Waals surface area (Å²) in [6, 6.07) is 19.1. The summed E-state index contributed by atoms with van der Waals surface area (Å²) in [7, 11) is 0. The molecule has 11 heteroatoms. The number of allylic oxidation sites excluding steroid dienone is 2. The molecule has 4 aliphatic rings. The van der Waals surface area contributed by atoms with Gasteiger partial charge in [-0.3, -0.25) is 4.79 Å². The van der Waals surface area contributed by atoms with Gasteiger partial charge in [-0.1, -0.05) is 85.0 Å². The number of fused-ring (bicyclic) bond motifs is 2. The molecule has 6 rings (SSSR count). The molecule has 2 heterocycles. The molecule has 0 saturated carbocycles. The van der Waals surface area contributed by atoms with Gasteiger partial charge in [0.1, 0.15) is 29.8 Å². The summed E-state index contributed by atoms with van der Waals surface area (Å²) in [5.41, 5.74) is -0.536. The number of nitrogens with one attached hydrogen (secondary N) is 1. The van der Waals surface area contributed by atoms with Crippen LogP contribution in [0.15, 0.2) is 85.0 Å². The van der Waals surface area contributed by atoms with Crippen molar-refractivity contribution in [2.45, 2.75) is 84.3 Å². The number of hydrogen-bond donors (Lipinski definition) is 1. The monoisotopic (exact) mass is 701 g/mol. The first kappa shape index (κ1) is 37.5. The van der Waals surface area contributed by atoms with Crippen LogP contribution in [0.4, 0.5) is 14.4 Å². The van der Waals surface area contributed by atoms with Crippen LogP contribution in [0.3, 0.4) is 0 Å². The van der Waals surface area contributed by atoms with Gasteiger partial charge in [0.15, 0.2) is 0 Å². The van der Waals surface area contributed by atoms with Gasteiger partial charge in [0.05, 0.1) is 12.1 Å². The van der Waals surface area contributed by atoms with Crippen molar-refractivity contribution in [1.29, 1.82) is 0 Å². The minimum absolute atomic E-state index is 0.0617. The number of rotatable bonds is 6. The second kappa shape index (κ2) is 15.2. The lowest BCUT2D eigenvalue weighted by Gasteiger charge is -2.30. The summed E-state index contributed by atoms with van der Waals surface area (Å²) in [6.07, 6.45) is 8.35. The predicted molar refractivity (Wildman–Crippen MR) is 191 cm³/mol. The van der Waals surface area contributed by atoms with Crippen LogP contribution in [0.25, 0.3) is 0 Å². The van der Waals surface area contributed by atoms with Gasteiger partial charge in [0, 0.05) is 31.5 Å². The maximum atomic E-state index is 12.8. The Morgan fingerprint density at radius 2 is 1.18 bits per heavy atom. The number of carbonyl (C=O) groups is 4. The predicted octanol–water partition coefficient (Wildman–Crippen LogP) is 7.02. The van der Waals surface area contributed by atoms with Crippen molar-refractivity contribution < 1.29 is 38.1 Å². The van der Waals surface area contributed by atoms with Gasteiger partial charge in [0.25, 0.3) is 0 Å². The number of nitrogens with zero attached hydrogens (tertiary/aromatic N) is 2. The van der Waals surface area contributed by atoms with Crippen molar-refractivity contribution in [2.75, 3.05) is 26.2 Å². The molecule has 0 aromatic heterocycles. The Hall–Kier alpha value is -4.80. The molecule has 1 N–H and O–H groups in total. The van der Waals surface area contributed by atoms with E-state index in [0.29, 0.717) is 26.2 Å². The lowest BCUT2D eigenvalue weighted by molar-refractivity contribution is -0.165. The number of carbonyl (C=O) groups excluding carboxylic acids is 4. The zero-order chi connectivity index (χ0) is 36.9. The molecule has 0 unspecified atom stereocenters. The molecule has 0 radical (unpaired) electrons. The topological polar surface area (TPSA) is 124 Å². The van der Waals surface area contributed by atoms with Crippen molar-refractivity contribution in [3.05, 3.63) is 96.1 Å². The van der Waals surface area contributed by atoms with Crippen molar-refractivity contribution in [3.8, 4) is 0 Å². The Kier molecular flexibility index (Phi) is 11.2. The largest absolute Gasteiger partial charge is 0.459 e. The van der Waals surface area contributed by atoms with Crippen LogP contribution in [0.2, 0.25) is 0 Å². The first-order chi connectivity index (χ1) is 24.1. The van der Waals surface area contributed by atoms with Crippen LogP contribution in [0.1, 0.15) is 65.5 Å². The summed E-state index contributed by atoms with van der Waals surface area (Å²) < 4.78 is 21.8. The average molecular weight is 702 g/mol. The summed E-state index contributed by atoms with van der Waals surface area (Å²) in [5.74, 6) is -0.0528. The number of likely N-dealkylation sites (tertiary alicyclic amines) is 2. The third-order valence-corrected chi connectivity index (χ3v) is 9.35. The maximum Gasteiger partial charge on any atom is 0.410 e. The van der Waals surface area contributed by atoms with Gasteiger partial charge in [-0.15, -0.1) is 0 Å². The SMILES string of the molecule is CC(C)(C)OC(=O)N[C@@]12C=CC[C@@H]1CN(C(=O)OCc1ccccc1)C2.CC(C)(C)OC(=O)[C@@]12C=CC[C@@H]1CN(C(=O)OCc1ccccc1)C2. The molecule has 3 amide bonds. The standard InChI is InChI=1S/C20H26N2O4.C20H25NO4/c1-19(2,3)26-17(23)21-20-11-7-10-16(20)12-22(14-20)18(24)25-13-15-8-5-4-6-9-15;1-19(2,3)25-17(22)20-11-7-10-16(20)12-21(14-20)18(23)24-13-15-8-5-4-6-9-15/h4-9,11,16H,10,12-14H2,1-3H3,(H,21,23);4-9,11,16H,10,12-14H2,1-3H3/t2*16-,20-/m11/s1. The zero-order valence-electron chi connectivity index (χ0n) is 30.6. The highest BCUT2D eigenvalue weighted by Crippen LogP contribution is 2.46. The van der Waals surface area contributed by atoms with Gasteiger partial charge in [-0.2, -0.15) is 0 Å². The van der Waals surface area contributed by atoms with Gasteiger partial charge < -0.3 is 34.1 Å². The van der Waals surface area contributed by atoms with E-state index in [9.17, 15) is 19.2 Å². The molecule has 2 aliphatic carbocycles. The van der Waals surface area contributed by atoms with Crippen LogP contribution in [0, 0.1) is 17.3 Å². The van der Waals surface area contributed by atoms with Crippen LogP contribution < -0.4 is 5.32 Å². The minimum Gasteiger partial charge on any atom is -0.459 e. The fraction of sp³-hybridized carbons (Fsp3) is 0.500. The molecule has 2 aliphatic heterocycles. The van der Waals surface area contributed by atoms with E-state index in [1.165, 1.54) is 0 Å². The summed E-state index contributed by atoms with van der Waals surface area (Å²) >= 11 is 0. The molecule has 2 fully saturated rings. The average Bonchev–Trinajstić information content (AvgIpc) is 3.81. The van der Waals surface area contributed by atoms with Crippen molar-refractivity contribution >= 4 is 24.2 Å². The lowest BCUT2D eigenvalue weighted by Crippen LogP contribution is -2.53.